The van der Waals surface area contributed by atoms with Gasteiger partial charge in [-0.15, -0.1) is 11.8 Å². The van der Waals surface area contributed by atoms with E-state index in [2.05, 4.69) is 22.4 Å². The Morgan fingerprint density at radius 3 is 2.83 bits per heavy atom. The number of carbonyl (C=O) groups is 1. The molecule has 0 unspecified atom stereocenters. The van der Waals surface area contributed by atoms with Crippen LogP contribution in [0.3, 0.4) is 0 Å². The first kappa shape index (κ1) is 16.8. The molecular formula is C18H18N2O2S2. The van der Waals surface area contributed by atoms with Crippen molar-refractivity contribution in [3.05, 3.63) is 48.5 Å². The van der Waals surface area contributed by atoms with Crippen LogP contribution < -0.4 is 10.1 Å². The molecule has 0 spiro atoms. The number of hydrogen-bond donors (Lipinski definition) is 1. The Kier molecular flexibility index (Phi) is 5.72. The fourth-order valence-electron chi connectivity index (χ4n) is 2.26. The van der Waals surface area contributed by atoms with Crippen LogP contribution in [0.5, 0.6) is 5.75 Å². The van der Waals surface area contributed by atoms with Gasteiger partial charge < -0.3 is 10.1 Å². The second-order valence-electron chi connectivity index (χ2n) is 5.14. The maximum absolute atomic E-state index is 12.1. The van der Waals surface area contributed by atoms with Crippen LogP contribution in [-0.2, 0) is 4.79 Å². The largest absolute Gasteiger partial charge is 0.494 e. The zero-order chi connectivity index (χ0) is 16.8. The summed E-state index contributed by atoms with van der Waals surface area (Å²) >= 11 is 3.23. The number of methoxy groups -OCH3 is 1. The van der Waals surface area contributed by atoms with Gasteiger partial charge in [0.15, 0.2) is 5.13 Å². The van der Waals surface area contributed by atoms with Gasteiger partial charge in [-0.05, 0) is 36.4 Å². The Bertz CT molecular complexity index is 818. The number of rotatable bonds is 7. The van der Waals surface area contributed by atoms with E-state index in [4.69, 9.17) is 4.74 Å². The highest BCUT2D eigenvalue weighted by Gasteiger charge is 2.10. The Morgan fingerprint density at radius 1 is 1.21 bits per heavy atom. The normalized spacial score (nSPS) is 10.7. The molecule has 1 N–H and O–H groups in total. The minimum Gasteiger partial charge on any atom is -0.494 e. The average molecular weight is 358 g/mol. The Hall–Kier alpha value is -2.05. The number of thiazole rings is 1. The third kappa shape index (κ3) is 4.27. The monoisotopic (exact) mass is 358 g/mol. The van der Waals surface area contributed by atoms with Crippen molar-refractivity contribution in [2.45, 2.75) is 17.7 Å². The third-order valence-electron chi connectivity index (χ3n) is 3.41. The first-order valence-electron chi connectivity index (χ1n) is 7.67. The minimum atomic E-state index is 0.00156. The maximum atomic E-state index is 12.1. The molecule has 0 aliphatic carbocycles. The number of amides is 1. The van der Waals surface area contributed by atoms with Gasteiger partial charge in [-0.2, -0.15) is 0 Å². The highest BCUT2D eigenvalue weighted by Crippen LogP contribution is 2.32. The predicted octanol–water partition coefficient (Wildman–Crippen LogP) is 4.82. The topological polar surface area (TPSA) is 51.2 Å². The minimum absolute atomic E-state index is 0.00156. The SMILES string of the molecule is COc1cccc2sc(NC(=O)CCCSc3ccccc3)nc12. The zero-order valence-electron chi connectivity index (χ0n) is 13.3. The number of carbonyl (C=O) groups excluding carboxylic acids is 1. The molecule has 1 amide bonds. The van der Waals surface area contributed by atoms with Crippen LogP contribution in [0.1, 0.15) is 12.8 Å². The summed E-state index contributed by atoms with van der Waals surface area (Å²) in [7, 11) is 1.62. The molecule has 0 aliphatic rings. The summed E-state index contributed by atoms with van der Waals surface area (Å²) in [5.41, 5.74) is 0.792. The van der Waals surface area contributed by atoms with Crippen molar-refractivity contribution in [2.75, 3.05) is 18.2 Å². The van der Waals surface area contributed by atoms with Gasteiger partial charge in [0.05, 0.1) is 11.8 Å². The molecule has 0 atom stereocenters. The van der Waals surface area contributed by atoms with Gasteiger partial charge in [0, 0.05) is 11.3 Å². The standard InChI is InChI=1S/C18H18N2O2S2/c1-22-14-9-5-10-15-17(14)20-18(24-15)19-16(21)11-6-12-23-13-7-3-2-4-8-13/h2-5,7-10H,6,11-12H2,1H3,(H,19,20,21). The number of ether oxygens (including phenoxy) is 1. The number of fused-ring (bicyclic) bond motifs is 1. The highest BCUT2D eigenvalue weighted by molar-refractivity contribution is 7.99. The van der Waals surface area contributed by atoms with Crippen LogP contribution in [0.4, 0.5) is 5.13 Å². The first-order valence-corrected chi connectivity index (χ1v) is 9.48. The molecule has 24 heavy (non-hydrogen) atoms. The number of para-hydroxylation sites is 1. The van der Waals surface area contributed by atoms with Crippen LogP contribution >= 0.6 is 23.1 Å². The average Bonchev–Trinajstić information content (AvgIpc) is 3.02. The summed E-state index contributed by atoms with van der Waals surface area (Å²) in [4.78, 5) is 17.8. The molecule has 0 radical (unpaired) electrons. The Morgan fingerprint density at radius 2 is 2.04 bits per heavy atom. The lowest BCUT2D eigenvalue weighted by molar-refractivity contribution is -0.116. The number of hydrogen-bond acceptors (Lipinski definition) is 5. The molecule has 0 fully saturated rings. The molecule has 6 heteroatoms. The lowest BCUT2D eigenvalue weighted by Crippen LogP contribution is -2.11. The molecular weight excluding hydrogens is 340 g/mol. The van der Waals surface area contributed by atoms with E-state index in [1.54, 1.807) is 18.9 Å². The molecule has 0 saturated carbocycles. The number of anilines is 1. The van der Waals surface area contributed by atoms with Crippen molar-refractivity contribution >= 4 is 44.4 Å². The van der Waals surface area contributed by atoms with Crippen molar-refractivity contribution in [2.24, 2.45) is 0 Å². The van der Waals surface area contributed by atoms with Gasteiger partial charge in [-0.3, -0.25) is 4.79 Å². The van der Waals surface area contributed by atoms with Crippen LogP contribution in [0.15, 0.2) is 53.4 Å². The molecule has 124 valence electrons. The van der Waals surface area contributed by atoms with Gasteiger partial charge in [-0.25, -0.2) is 4.98 Å². The lowest BCUT2D eigenvalue weighted by atomic mass is 10.3. The summed E-state index contributed by atoms with van der Waals surface area (Å²) in [6.45, 7) is 0. The first-order chi connectivity index (χ1) is 11.8. The number of nitrogens with zero attached hydrogens (tertiary/aromatic N) is 1. The quantitative estimate of drug-likeness (QED) is 0.486. The second kappa shape index (κ2) is 8.17. The van der Waals surface area contributed by atoms with Crippen molar-refractivity contribution in [1.82, 2.24) is 4.98 Å². The van der Waals surface area contributed by atoms with Crippen molar-refractivity contribution < 1.29 is 9.53 Å². The number of aromatic nitrogens is 1. The molecule has 0 aliphatic heterocycles. The van der Waals surface area contributed by atoms with Crippen LogP contribution in [0, 0.1) is 0 Å². The van der Waals surface area contributed by atoms with Crippen LogP contribution in [0.2, 0.25) is 0 Å². The molecule has 0 bridgehead atoms. The summed E-state index contributed by atoms with van der Waals surface area (Å²) in [5.74, 6) is 1.65. The van der Waals surface area contributed by atoms with Gasteiger partial charge in [0.25, 0.3) is 0 Å². The number of thioether (sulfide) groups is 1. The maximum Gasteiger partial charge on any atom is 0.226 e. The summed E-state index contributed by atoms with van der Waals surface area (Å²) in [6.07, 6.45) is 1.33. The third-order valence-corrected chi connectivity index (χ3v) is 5.44. The molecule has 2 aromatic carbocycles. The van der Waals surface area contributed by atoms with E-state index in [0.29, 0.717) is 11.6 Å². The van der Waals surface area contributed by atoms with E-state index < -0.39 is 0 Å². The van der Waals surface area contributed by atoms with Gasteiger partial charge in [0.2, 0.25) is 5.91 Å². The van der Waals surface area contributed by atoms with E-state index in [1.165, 1.54) is 16.2 Å². The highest BCUT2D eigenvalue weighted by atomic mass is 32.2. The van der Waals surface area contributed by atoms with Crippen molar-refractivity contribution in [3.8, 4) is 5.75 Å². The van der Waals surface area contributed by atoms with E-state index >= 15 is 0 Å². The fraction of sp³-hybridized carbons (Fsp3) is 0.222. The summed E-state index contributed by atoms with van der Waals surface area (Å²) in [5, 5.41) is 3.51. The molecule has 0 saturated heterocycles. The lowest BCUT2D eigenvalue weighted by Gasteiger charge is -2.02. The van der Waals surface area contributed by atoms with Crippen LogP contribution in [-0.4, -0.2) is 23.8 Å². The van der Waals surface area contributed by atoms with Gasteiger partial charge in [-0.1, -0.05) is 35.6 Å². The smallest absolute Gasteiger partial charge is 0.226 e. The Balaban J connectivity index is 1.50. The molecule has 4 nitrogen and oxygen atoms in total. The van der Waals surface area contributed by atoms with Crippen LogP contribution in [0.25, 0.3) is 10.2 Å². The van der Waals surface area contributed by atoms with E-state index in [1.807, 2.05) is 36.4 Å². The van der Waals surface area contributed by atoms with Gasteiger partial charge >= 0.3 is 0 Å². The van der Waals surface area contributed by atoms with E-state index in [0.717, 1.165) is 28.1 Å². The number of benzene rings is 2. The molecule has 3 rings (SSSR count). The molecule has 1 heterocycles. The van der Waals surface area contributed by atoms with E-state index in [9.17, 15) is 4.79 Å². The molecule has 1 aromatic heterocycles. The predicted molar refractivity (Wildman–Crippen MR) is 101 cm³/mol. The number of nitrogens with one attached hydrogen (secondary N) is 1. The zero-order valence-corrected chi connectivity index (χ0v) is 15.0. The molecule has 3 aromatic rings. The Labute approximate surface area is 149 Å². The van der Waals surface area contributed by atoms with Crippen molar-refractivity contribution in [3.63, 3.8) is 0 Å². The van der Waals surface area contributed by atoms with E-state index in [-0.39, 0.29) is 5.91 Å². The van der Waals surface area contributed by atoms with Crippen molar-refractivity contribution in [1.29, 1.82) is 0 Å². The summed E-state index contributed by atoms with van der Waals surface area (Å²) < 4.78 is 6.30. The second-order valence-corrected chi connectivity index (χ2v) is 7.34. The van der Waals surface area contributed by atoms with Gasteiger partial charge in [0.1, 0.15) is 11.3 Å². The fourth-order valence-corrected chi connectivity index (χ4v) is 4.04. The summed E-state index contributed by atoms with van der Waals surface area (Å²) in [6, 6.07) is 16.0.